The van der Waals surface area contributed by atoms with Crippen molar-refractivity contribution in [3.05, 3.63) is 23.9 Å². The van der Waals surface area contributed by atoms with Crippen molar-refractivity contribution in [2.24, 2.45) is 0 Å². The number of hydrogen-bond acceptors (Lipinski definition) is 9. The van der Waals surface area contributed by atoms with Gasteiger partial charge in [0.2, 0.25) is 0 Å². The van der Waals surface area contributed by atoms with Crippen LogP contribution in [0.2, 0.25) is 0 Å². The van der Waals surface area contributed by atoms with Gasteiger partial charge < -0.3 is 19.1 Å². The van der Waals surface area contributed by atoms with Crippen molar-refractivity contribution >= 4 is 27.3 Å². The summed E-state index contributed by atoms with van der Waals surface area (Å²) in [6.45, 7) is 1.98. The Morgan fingerprint density at radius 1 is 1.24 bits per heavy atom. The van der Waals surface area contributed by atoms with Crippen molar-refractivity contribution in [2.75, 3.05) is 39.2 Å². The van der Waals surface area contributed by atoms with Crippen molar-refractivity contribution in [1.82, 2.24) is 14.5 Å². The average molecular weight is 440 g/mol. The monoisotopic (exact) mass is 439 g/mol. The fourth-order valence-corrected chi connectivity index (χ4v) is 5.18. The number of ether oxygens (including phenoxy) is 3. The predicted molar refractivity (Wildman–Crippen MR) is 105 cm³/mol. The molecule has 3 heterocycles. The van der Waals surface area contributed by atoms with Crippen LogP contribution in [0, 0.1) is 0 Å². The maximum atomic E-state index is 12.5. The van der Waals surface area contributed by atoms with Crippen molar-refractivity contribution in [3.63, 3.8) is 0 Å². The van der Waals surface area contributed by atoms with E-state index in [2.05, 4.69) is 9.59 Å². The molecule has 156 valence electrons. The molecule has 0 N–H and O–H groups in total. The summed E-state index contributed by atoms with van der Waals surface area (Å²) in [4.78, 5) is 14.2. The highest BCUT2D eigenvalue weighted by Crippen LogP contribution is 2.34. The number of carbonyl (C=O) groups is 1. The standard InChI is InChI=1S/C18H21N3O6S2/c1-29(23,24)18-17(19-20-28-18)12-4-6-21(7-5-12)16(22)11-27-13-2-3-14-15(10-13)26-9-8-25-14/h2-3,10,12H,4-9,11H2,1H3. The average Bonchev–Trinajstić information content (AvgIpc) is 3.22. The first kappa shape index (κ1) is 19.9. The van der Waals surface area contributed by atoms with Crippen LogP contribution < -0.4 is 14.2 Å². The van der Waals surface area contributed by atoms with Crippen LogP contribution in [-0.4, -0.2) is 68.0 Å². The number of sulfone groups is 1. The van der Waals surface area contributed by atoms with Gasteiger partial charge in [0.05, 0.1) is 5.69 Å². The van der Waals surface area contributed by atoms with Gasteiger partial charge in [0.1, 0.15) is 19.0 Å². The third-order valence-electron chi connectivity index (χ3n) is 4.93. The van der Waals surface area contributed by atoms with Crippen LogP contribution in [0.1, 0.15) is 24.5 Å². The molecular weight excluding hydrogens is 418 g/mol. The smallest absolute Gasteiger partial charge is 0.260 e. The highest BCUT2D eigenvalue weighted by atomic mass is 32.2. The number of carbonyl (C=O) groups excluding carboxylic acids is 1. The Kier molecular flexibility index (Phi) is 5.59. The van der Waals surface area contributed by atoms with Gasteiger partial charge in [-0.1, -0.05) is 4.49 Å². The Bertz CT molecular complexity index is 999. The van der Waals surface area contributed by atoms with Crippen molar-refractivity contribution < 1.29 is 27.4 Å². The SMILES string of the molecule is CS(=O)(=O)c1snnc1C1CCN(C(=O)COc2ccc3c(c2)OCCO3)CC1. The van der Waals surface area contributed by atoms with Crippen molar-refractivity contribution in [2.45, 2.75) is 23.0 Å². The molecule has 2 aliphatic rings. The Hall–Kier alpha value is -2.40. The number of hydrogen-bond donors (Lipinski definition) is 0. The maximum Gasteiger partial charge on any atom is 0.260 e. The largest absolute Gasteiger partial charge is 0.486 e. The number of nitrogens with zero attached hydrogens (tertiary/aromatic N) is 3. The number of likely N-dealkylation sites (tertiary alicyclic amines) is 1. The van der Waals surface area contributed by atoms with E-state index in [1.54, 1.807) is 23.1 Å². The Balaban J connectivity index is 1.31. The fourth-order valence-electron chi connectivity index (χ4n) is 3.45. The molecule has 9 nitrogen and oxygen atoms in total. The molecule has 0 radical (unpaired) electrons. The molecule has 1 aromatic heterocycles. The van der Waals surface area contributed by atoms with Crippen LogP contribution in [-0.2, 0) is 14.6 Å². The van der Waals surface area contributed by atoms with Crippen molar-refractivity contribution in [3.8, 4) is 17.2 Å². The lowest BCUT2D eigenvalue weighted by Gasteiger charge is -2.31. The summed E-state index contributed by atoms with van der Waals surface area (Å²) in [6, 6.07) is 5.23. The Labute approximate surface area is 172 Å². The number of fused-ring (bicyclic) bond motifs is 1. The lowest BCUT2D eigenvalue weighted by Crippen LogP contribution is -2.40. The van der Waals surface area contributed by atoms with Crippen LogP contribution in [0.4, 0.5) is 0 Å². The number of piperidine rings is 1. The molecule has 1 amide bonds. The summed E-state index contributed by atoms with van der Waals surface area (Å²) in [6.07, 6.45) is 2.45. The summed E-state index contributed by atoms with van der Waals surface area (Å²) in [7, 11) is -3.34. The summed E-state index contributed by atoms with van der Waals surface area (Å²) in [5.74, 6) is 1.70. The fraction of sp³-hybridized carbons (Fsp3) is 0.500. The minimum absolute atomic E-state index is 0.0127. The van der Waals surface area contributed by atoms with E-state index in [-0.39, 0.29) is 22.6 Å². The Morgan fingerprint density at radius 2 is 1.97 bits per heavy atom. The van der Waals surface area contributed by atoms with E-state index in [1.165, 1.54) is 6.26 Å². The predicted octanol–water partition coefficient (Wildman–Crippen LogP) is 1.50. The van der Waals surface area contributed by atoms with Gasteiger partial charge in [-0.15, -0.1) is 5.10 Å². The molecule has 2 aromatic rings. The lowest BCUT2D eigenvalue weighted by molar-refractivity contribution is -0.134. The van der Waals surface area contributed by atoms with Gasteiger partial charge in [-0.2, -0.15) is 0 Å². The van der Waals surface area contributed by atoms with E-state index >= 15 is 0 Å². The van der Waals surface area contributed by atoms with Gasteiger partial charge in [0, 0.05) is 42.9 Å². The van der Waals surface area contributed by atoms with Gasteiger partial charge in [0.25, 0.3) is 5.91 Å². The van der Waals surface area contributed by atoms with E-state index in [4.69, 9.17) is 14.2 Å². The zero-order valence-electron chi connectivity index (χ0n) is 15.9. The number of aromatic nitrogens is 2. The zero-order chi connectivity index (χ0) is 20.4. The zero-order valence-corrected chi connectivity index (χ0v) is 17.5. The molecule has 0 aliphatic carbocycles. The second-order valence-corrected chi connectivity index (χ2v) is 9.93. The highest BCUT2D eigenvalue weighted by molar-refractivity contribution is 7.92. The van der Waals surface area contributed by atoms with Crippen LogP contribution in [0.3, 0.4) is 0 Å². The molecule has 11 heteroatoms. The molecule has 0 bridgehead atoms. The van der Waals surface area contributed by atoms with Crippen LogP contribution in [0.5, 0.6) is 17.2 Å². The molecule has 0 atom stereocenters. The van der Waals surface area contributed by atoms with Gasteiger partial charge in [-0.25, -0.2) is 8.42 Å². The molecule has 0 unspecified atom stereocenters. The van der Waals surface area contributed by atoms with E-state index in [9.17, 15) is 13.2 Å². The van der Waals surface area contributed by atoms with Crippen molar-refractivity contribution in [1.29, 1.82) is 0 Å². The lowest BCUT2D eigenvalue weighted by atomic mass is 9.94. The number of rotatable bonds is 5. The van der Waals surface area contributed by atoms with Crippen LogP contribution >= 0.6 is 11.5 Å². The van der Waals surface area contributed by atoms with E-state index in [0.29, 0.717) is 62.1 Å². The first-order valence-corrected chi connectivity index (χ1v) is 11.9. The summed E-state index contributed by atoms with van der Waals surface area (Å²) in [5, 5.41) is 4.03. The molecule has 1 fully saturated rings. The molecule has 2 aliphatic heterocycles. The molecule has 1 saturated heterocycles. The maximum absolute atomic E-state index is 12.5. The van der Waals surface area contributed by atoms with Crippen LogP contribution in [0.15, 0.2) is 22.4 Å². The normalized spacial score (nSPS) is 17.2. The first-order valence-electron chi connectivity index (χ1n) is 9.24. The molecule has 0 spiro atoms. The van der Waals surface area contributed by atoms with Gasteiger partial charge in [-0.05, 0) is 25.0 Å². The molecule has 29 heavy (non-hydrogen) atoms. The first-order chi connectivity index (χ1) is 13.9. The molecule has 0 saturated carbocycles. The van der Waals surface area contributed by atoms with E-state index in [0.717, 1.165) is 11.5 Å². The summed E-state index contributed by atoms with van der Waals surface area (Å²) < 4.78 is 44.4. The molecule has 4 rings (SSSR count). The highest BCUT2D eigenvalue weighted by Gasteiger charge is 2.30. The van der Waals surface area contributed by atoms with Gasteiger partial charge >= 0.3 is 0 Å². The quantitative estimate of drug-likeness (QED) is 0.690. The second-order valence-electron chi connectivity index (χ2n) is 6.97. The van der Waals surface area contributed by atoms with E-state index in [1.807, 2.05) is 0 Å². The number of benzene rings is 1. The number of amides is 1. The third kappa shape index (κ3) is 4.45. The van der Waals surface area contributed by atoms with E-state index < -0.39 is 9.84 Å². The third-order valence-corrected chi connectivity index (χ3v) is 7.48. The topological polar surface area (TPSA) is 108 Å². The minimum Gasteiger partial charge on any atom is -0.486 e. The summed E-state index contributed by atoms with van der Waals surface area (Å²) in [5.41, 5.74) is 0.525. The van der Waals surface area contributed by atoms with Gasteiger partial charge in [-0.3, -0.25) is 4.79 Å². The van der Waals surface area contributed by atoms with Gasteiger partial charge in [0.15, 0.2) is 32.2 Å². The molecular formula is C18H21N3O6S2. The summed E-state index contributed by atoms with van der Waals surface area (Å²) >= 11 is 0.904. The van der Waals surface area contributed by atoms with Crippen LogP contribution in [0.25, 0.3) is 0 Å². The molecule has 1 aromatic carbocycles. The minimum atomic E-state index is -3.34. The Morgan fingerprint density at radius 3 is 2.69 bits per heavy atom. The second kappa shape index (κ2) is 8.15.